The maximum Gasteiger partial charge on any atom is 0.304 e. The highest BCUT2D eigenvalue weighted by Crippen LogP contribution is 2.27. The number of amides is 2. The van der Waals surface area contributed by atoms with Gasteiger partial charge in [-0.25, -0.2) is 4.39 Å². The Morgan fingerprint density at radius 3 is 2.39 bits per heavy atom. The Bertz CT molecular complexity index is 1180. The highest BCUT2D eigenvalue weighted by molar-refractivity contribution is 6.30. The number of halogens is 2. The van der Waals surface area contributed by atoms with Gasteiger partial charge < -0.3 is 10.1 Å². The van der Waals surface area contributed by atoms with Crippen LogP contribution in [0.4, 0.5) is 4.39 Å². The van der Waals surface area contributed by atoms with Gasteiger partial charge in [-0.15, -0.1) is 10.1 Å². The van der Waals surface area contributed by atoms with E-state index in [9.17, 15) is 14.0 Å². The summed E-state index contributed by atoms with van der Waals surface area (Å²) in [7, 11) is 0. The summed E-state index contributed by atoms with van der Waals surface area (Å²) in [5, 5.41) is 3.34. The highest BCUT2D eigenvalue weighted by atomic mass is 35.5. The Morgan fingerprint density at radius 2 is 1.76 bits per heavy atom. The summed E-state index contributed by atoms with van der Waals surface area (Å²) in [6, 6.07) is 18.2. The van der Waals surface area contributed by atoms with Crippen LogP contribution in [0.15, 0.2) is 72.8 Å². The van der Waals surface area contributed by atoms with Crippen molar-refractivity contribution in [2.75, 3.05) is 6.61 Å². The van der Waals surface area contributed by atoms with E-state index in [2.05, 4.69) is 10.7 Å². The largest absolute Gasteiger partial charge is 0.494 e. The molecule has 0 bridgehead atoms. The summed E-state index contributed by atoms with van der Waals surface area (Å²) >= 11 is 6.05. The summed E-state index contributed by atoms with van der Waals surface area (Å²) in [6.07, 6.45) is 1.79. The molecule has 1 fully saturated rings. The number of carbonyl (C=O) groups excluding carboxylic acids is 2. The Hall–Kier alpha value is -3.71. The molecule has 2 N–H and O–H groups in total. The molecule has 33 heavy (non-hydrogen) atoms. The molecule has 0 aliphatic carbocycles. The lowest BCUT2D eigenvalue weighted by Gasteiger charge is -2.15. The van der Waals surface area contributed by atoms with Crippen molar-refractivity contribution in [3.8, 4) is 5.75 Å². The van der Waals surface area contributed by atoms with Crippen molar-refractivity contribution in [2.24, 2.45) is 0 Å². The van der Waals surface area contributed by atoms with Crippen LogP contribution >= 0.6 is 11.6 Å². The number of hydrogen-bond donors (Lipinski definition) is 2. The first kappa shape index (κ1) is 22.5. The molecule has 1 aliphatic heterocycles. The molecule has 3 aromatic carbocycles. The van der Waals surface area contributed by atoms with Crippen molar-refractivity contribution in [3.05, 3.63) is 100 Å². The molecule has 0 radical (unpaired) electrons. The van der Waals surface area contributed by atoms with Gasteiger partial charge in [0.2, 0.25) is 12.3 Å². The van der Waals surface area contributed by atoms with Crippen LogP contribution in [0.5, 0.6) is 5.75 Å². The van der Waals surface area contributed by atoms with Crippen molar-refractivity contribution in [3.63, 3.8) is 0 Å². The predicted molar refractivity (Wildman–Crippen MR) is 123 cm³/mol. The summed E-state index contributed by atoms with van der Waals surface area (Å²) in [5.74, 6) is -0.538. The average molecular weight is 467 g/mol. The lowest BCUT2D eigenvalue weighted by Crippen LogP contribution is -2.42. The number of hydrazine groups is 1. The van der Waals surface area contributed by atoms with E-state index in [4.69, 9.17) is 16.3 Å². The first-order valence-corrected chi connectivity index (χ1v) is 10.8. The van der Waals surface area contributed by atoms with E-state index in [0.717, 1.165) is 16.9 Å². The number of rotatable bonds is 6. The minimum absolute atomic E-state index is 0.257. The fraction of sp³-hybridized carbons (Fsp3) is 0.160. The fourth-order valence-electron chi connectivity index (χ4n) is 3.64. The van der Waals surface area contributed by atoms with E-state index in [1.165, 1.54) is 24.3 Å². The van der Waals surface area contributed by atoms with Crippen LogP contribution in [0.25, 0.3) is 0 Å². The van der Waals surface area contributed by atoms with Crippen LogP contribution in [-0.4, -0.2) is 35.4 Å². The number of carbonyl (C=O) groups is 2. The predicted octanol–water partition coefficient (Wildman–Crippen LogP) is 3.89. The van der Waals surface area contributed by atoms with Gasteiger partial charge in [0.1, 0.15) is 11.6 Å². The lowest BCUT2D eigenvalue weighted by molar-refractivity contribution is -0.596. The molecule has 0 spiro atoms. The molecule has 0 aromatic heterocycles. The van der Waals surface area contributed by atoms with Crippen LogP contribution in [0.1, 0.15) is 34.5 Å². The van der Waals surface area contributed by atoms with Crippen LogP contribution in [0.3, 0.4) is 0 Å². The highest BCUT2D eigenvalue weighted by Gasteiger charge is 2.47. The number of nitrogens with one attached hydrogen (secondary N) is 2. The SMILES string of the molecule is CCOc1ccc(/C=[N+]2\NC(=O)[C@@H](NC(=O)c3ccc(F)cc3)[C@@H]2c2ccc(Cl)cc2)cc1. The van der Waals surface area contributed by atoms with Crippen molar-refractivity contribution in [1.82, 2.24) is 10.7 Å². The van der Waals surface area contributed by atoms with Gasteiger partial charge in [-0.1, -0.05) is 23.7 Å². The van der Waals surface area contributed by atoms with E-state index in [0.29, 0.717) is 11.6 Å². The molecule has 2 atom stereocenters. The maximum absolute atomic E-state index is 13.2. The van der Waals surface area contributed by atoms with Gasteiger partial charge in [0.15, 0.2) is 6.04 Å². The van der Waals surface area contributed by atoms with Crippen LogP contribution < -0.4 is 15.5 Å². The smallest absolute Gasteiger partial charge is 0.304 e. The van der Waals surface area contributed by atoms with Crippen molar-refractivity contribution in [2.45, 2.75) is 19.0 Å². The number of hydrogen-bond acceptors (Lipinski definition) is 3. The third-order valence-corrected chi connectivity index (χ3v) is 5.47. The third-order valence-electron chi connectivity index (χ3n) is 5.22. The minimum Gasteiger partial charge on any atom is -0.494 e. The quantitative estimate of drug-likeness (QED) is 0.541. The Labute approximate surface area is 195 Å². The second kappa shape index (κ2) is 9.83. The van der Waals surface area contributed by atoms with Gasteiger partial charge in [-0.05, 0) is 67.6 Å². The normalized spacial score (nSPS) is 18.8. The number of ether oxygens (including phenoxy) is 1. The van der Waals surface area contributed by atoms with Gasteiger partial charge in [0, 0.05) is 21.7 Å². The zero-order chi connectivity index (χ0) is 23.4. The summed E-state index contributed by atoms with van der Waals surface area (Å²) < 4.78 is 20.4. The number of nitrogens with zero attached hydrogens (tertiary/aromatic N) is 1. The van der Waals surface area contributed by atoms with Crippen molar-refractivity contribution >= 4 is 29.6 Å². The molecule has 8 heteroatoms. The molecule has 6 nitrogen and oxygen atoms in total. The molecular weight excluding hydrogens is 445 g/mol. The monoisotopic (exact) mass is 466 g/mol. The second-order valence-corrected chi connectivity index (χ2v) is 7.91. The van der Waals surface area contributed by atoms with E-state index in [1.807, 2.05) is 43.3 Å². The van der Waals surface area contributed by atoms with Crippen LogP contribution in [-0.2, 0) is 4.79 Å². The molecule has 168 valence electrons. The molecule has 4 rings (SSSR count). The summed E-state index contributed by atoms with van der Waals surface area (Å²) in [5.41, 5.74) is 4.70. The topological polar surface area (TPSA) is 70.4 Å². The van der Waals surface area contributed by atoms with E-state index in [1.54, 1.807) is 23.0 Å². The fourth-order valence-corrected chi connectivity index (χ4v) is 3.77. The Morgan fingerprint density at radius 1 is 1.09 bits per heavy atom. The molecule has 1 saturated heterocycles. The molecule has 0 unspecified atom stereocenters. The van der Waals surface area contributed by atoms with Gasteiger partial charge >= 0.3 is 5.91 Å². The van der Waals surface area contributed by atoms with E-state index < -0.39 is 23.8 Å². The average Bonchev–Trinajstić information content (AvgIpc) is 3.10. The van der Waals surface area contributed by atoms with E-state index in [-0.39, 0.29) is 11.5 Å². The van der Waals surface area contributed by atoms with Crippen LogP contribution in [0.2, 0.25) is 5.02 Å². The lowest BCUT2D eigenvalue weighted by atomic mass is 9.99. The summed E-state index contributed by atoms with van der Waals surface area (Å²) in [6.45, 7) is 2.48. The van der Waals surface area contributed by atoms with Gasteiger partial charge in [0.05, 0.1) is 6.61 Å². The molecule has 2 amide bonds. The molecule has 1 heterocycles. The van der Waals surface area contributed by atoms with Gasteiger partial charge in [-0.3, -0.25) is 9.59 Å². The standard InChI is InChI=1S/C25H21ClFN3O3/c1-2-33-21-13-3-16(4-14-21)15-30-23(17-5-9-19(26)10-6-17)22(25(32)29-30)28-24(31)18-7-11-20(27)12-8-18/h3-15,22-23H,2H2,1H3,(H-,28,29,31,32)/p+1/b30-15-/t22-,23-/m0/s1. The Balaban J connectivity index is 1.66. The van der Waals surface area contributed by atoms with Gasteiger partial charge in [-0.2, -0.15) is 0 Å². The number of hydrazone groups is 1. The zero-order valence-electron chi connectivity index (χ0n) is 17.8. The molecular formula is C25H22ClFN3O3+. The Kier molecular flexibility index (Phi) is 6.70. The summed E-state index contributed by atoms with van der Waals surface area (Å²) in [4.78, 5) is 25.7. The first-order chi connectivity index (χ1) is 15.9. The van der Waals surface area contributed by atoms with Gasteiger partial charge in [0.25, 0.3) is 5.91 Å². The molecule has 3 aromatic rings. The molecule has 1 aliphatic rings. The second-order valence-electron chi connectivity index (χ2n) is 7.47. The van der Waals surface area contributed by atoms with E-state index >= 15 is 0 Å². The van der Waals surface area contributed by atoms with Crippen LogP contribution in [0, 0.1) is 5.82 Å². The third kappa shape index (κ3) is 5.21. The van der Waals surface area contributed by atoms with Crippen molar-refractivity contribution in [1.29, 1.82) is 0 Å². The maximum atomic E-state index is 13.2. The first-order valence-electron chi connectivity index (χ1n) is 10.4. The number of benzene rings is 3. The van der Waals surface area contributed by atoms with Crippen molar-refractivity contribution < 1.29 is 23.4 Å². The molecule has 0 saturated carbocycles. The zero-order valence-corrected chi connectivity index (χ0v) is 18.6. The minimum atomic E-state index is -0.886.